The quantitative estimate of drug-likeness (QED) is 0.809. The van der Waals surface area contributed by atoms with Gasteiger partial charge in [-0.2, -0.15) is 0 Å². The maximum atomic E-state index is 11.6. The average molecular weight is 226 g/mol. The van der Waals surface area contributed by atoms with Crippen LogP contribution in [0.25, 0.3) is 0 Å². The number of carbonyl (C=O) groups excluding carboxylic acids is 1. The van der Waals surface area contributed by atoms with Crippen LogP contribution >= 0.6 is 11.3 Å². The number of carboxylic acids is 1. The number of aromatic carboxylic acids is 1. The molecule has 5 nitrogen and oxygen atoms in total. The number of aromatic nitrogens is 1. The van der Waals surface area contributed by atoms with Gasteiger partial charge < -0.3 is 10.4 Å². The van der Waals surface area contributed by atoms with Crippen molar-refractivity contribution >= 4 is 23.2 Å². The van der Waals surface area contributed by atoms with Gasteiger partial charge in [0, 0.05) is 6.04 Å². The summed E-state index contributed by atoms with van der Waals surface area (Å²) < 4.78 is 0. The maximum Gasteiger partial charge on any atom is 0.356 e. The van der Waals surface area contributed by atoms with Crippen LogP contribution in [-0.2, 0) is 0 Å². The Kier molecular flexibility index (Phi) is 2.68. The number of carboxylic acid groups (broad SMARTS) is 1. The van der Waals surface area contributed by atoms with Crippen molar-refractivity contribution in [1.29, 1.82) is 0 Å². The van der Waals surface area contributed by atoms with Crippen molar-refractivity contribution in [3.8, 4) is 0 Å². The Morgan fingerprint density at radius 2 is 2.27 bits per heavy atom. The normalized spacial score (nSPS) is 15.7. The molecule has 0 aromatic carbocycles. The minimum absolute atomic E-state index is 0.156. The number of hydrogen-bond acceptors (Lipinski definition) is 4. The first-order chi connectivity index (χ1) is 7.18. The molecule has 2 rings (SSSR count). The van der Waals surface area contributed by atoms with E-state index in [4.69, 9.17) is 5.11 Å². The molecular weight excluding hydrogens is 216 g/mol. The summed E-state index contributed by atoms with van der Waals surface area (Å²) >= 11 is 1.06. The molecule has 1 heterocycles. The van der Waals surface area contributed by atoms with Crippen molar-refractivity contribution in [3.63, 3.8) is 0 Å². The van der Waals surface area contributed by atoms with Crippen molar-refractivity contribution < 1.29 is 14.7 Å². The zero-order valence-corrected chi connectivity index (χ0v) is 8.71. The van der Waals surface area contributed by atoms with Crippen molar-refractivity contribution in [2.75, 3.05) is 0 Å². The summed E-state index contributed by atoms with van der Waals surface area (Å²) in [4.78, 5) is 26.2. The molecule has 0 aliphatic heterocycles. The number of hydrogen-bond donors (Lipinski definition) is 2. The molecule has 0 atom stereocenters. The van der Waals surface area contributed by atoms with Gasteiger partial charge in [0.2, 0.25) is 0 Å². The smallest absolute Gasteiger partial charge is 0.356 e. The van der Waals surface area contributed by atoms with Crippen LogP contribution in [0.4, 0.5) is 0 Å². The maximum absolute atomic E-state index is 11.6. The van der Waals surface area contributed by atoms with Crippen molar-refractivity contribution in [3.05, 3.63) is 16.1 Å². The van der Waals surface area contributed by atoms with Gasteiger partial charge in [-0.15, -0.1) is 11.3 Å². The van der Waals surface area contributed by atoms with Gasteiger partial charge in [-0.05, 0) is 19.3 Å². The van der Waals surface area contributed by atoms with Crippen LogP contribution < -0.4 is 5.32 Å². The second-order valence-electron chi connectivity index (χ2n) is 3.44. The third-order valence-corrected chi connectivity index (χ3v) is 3.24. The van der Waals surface area contributed by atoms with E-state index < -0.39 is 5.97 Å². The highest BCUT2D eigenvalue weighted by Crippen LogP contribution is 2.20. The molecule has 1 amide bonds. The summed E-state index contributed by atoms with van der Waals surface area (Å²) in [6, 6.07) is 0.209. The highest BCUT2D eigenvalue weighted by molar-refractivity contribution is 7.12. The van der Waals surface area contributed by atoms with Gasteiger partial charge in [0.05, 0.1) is 5.51 Å². The molecular formula is C9H10N2O3S. The molecule has 15 heavy (non-hydrogen) atoms. The molecule has 1 aliphatic carbocycles. The highest BCUT2D eigenvalue weighted by atomic mass is 32.1. The van der Waals surface area contributed by atoms with Gasteiger partial charge in [0.1, 0.15) is 4.88 Å². The average Bonchev–Trinajstić information content (AvgIpc) is 2.59. The van der Waals surface area contributed by atoms with E-state index in [0.717, 1.165) is 30.6 Å². The predicted octanol–water partition coefficient (Wildman–Crippen LogP) is 1.12. The van der Waals surface area contributed by atoms with Gasteiger partial charge in [-0.25, -0.2) is 9.78 Å². The van der Waals surface area contributed by atoms with Crippen LogP contribution in [0.1, 0.15) is 39.4 Å². The van der Waals surface area contributed by atoms with Crippen LogP contribution in [-0.4, -0.2) is 28.0 Å². The molecule has 6 heteroatoms. The number of nitrogens with one attached hydrogen (secondary N) is 1. The Morgan fingerprint density at radius 1 is 1.53 bits per heavy atom. The Hall–Kier alpha value is -1.43. The van der Waals surface area contributed by atoms with Crippen LogP contribution in [0.3, 0.4) is 0 Å². The first kappa shape index (κ1) is 10.1. The van der Waals surface area contributed by atoms with Gasteiger partial charge in [0.25, 0.3) is 5.91 Å². The van der Waals surface area contributed by atoms with Gasteiger partial charge >= 0.3 is 5.97 Å². The van der Waals surface area contributed by atoms with Crippen LogP contribution in [0.5, 0.6) is 0 Å². The number of carbonyl (C=O) groups is 2. The van der Waals surface area contributed by atoms with Crippen molar-refractivity contribution in [1.82, 2.24) is 10.3 Å². The fraction of sp³-hybridized carbons (Fsp3) is 0.444. The Bertz CT molecular complexity index is 398. The first-order valence-electron chi connectivity index (χ1n) is 4.66. The number of thiazole rings is 1. The standard InChI is InChI=1S/C9H10N2O3S/c12-8(11-5-2-1-3-5)7-6(9(13)14)10-4-15-7/h4-5H,1-3H2,(H,11,12)(H,13,14). The van der Waals surface area contributed by atoms with E-state index in [1.165, 1.54) is 5.51 Å². The minimum Gasteiger partial charge on any atom is -0.476 e. The summed E-state index contributed by atoms with van der Waals surface area (Å²) in [7, 11) is 0. The van der Waals surface area contributed by atoms with E-state index in [2.05, 4.69) is 10.3 Å². The summed E-state index contributed by atoms with van der Waals surface area (Å²) in [6.45, 7) is 0. The summed E-state index contributed by atoms with van der Waals surface area (Å²) in [5, 5.41) is 11.6. The lowest BCUT2D eigenvalue weighted by atomic mass is 9.93. The van der Waals surface area contributed by atoms with E-state index >= 15 is 0 Å². The Balaban J connectivity index is 2.10. The van der Waals surface area contributed by atoms with Gasteiger partial charge in [0.15, 0.2) is 5.69 Å². The van der Waals surface area contributed by atoms with Crippen LogP contribution in [0.2, 0.25) is 0 Å². The monoisotopic (exact) mass is 226 g/mol. The minimum atomic E-state index is -1.16. The van der Waals surface area contributed by atoms with E-state index in [1.54, 1.807) is 0 Å². The summed E-state index contributed by atoms with van der Waals surface area (Å²) in [5.41, 5.74) is 1.22. The van der Waals surface area contributed by atoms with Crippen LogP contribution in [0.15, 0.2) is 5.51 Å². The third-order valence-electron chi connectivity index (χ3n) is 2.42. The second-order valence-corrected chi connectivity index (χ2v) is 4.29. The molecule has 80 valence electrons. The third kappa shape index (κ3) is 1.99. The molecule has 0 bridgehead atoms. The summed E-state index contributed by atoms with van der Waals surface area (Å²) in [5.74, 6) is -1.48. The van der Waals surface area contributed by atoms with E-state index in [1.807, 2.05) is 0 Å². The lowest BCUT2D eigenvalue weighted by Crippen LogP contribution is -2.39. The molecule has 2 N–H and O–H groups in total. The fourth-order valence-corrected chi connectivity index (χ4v) is 2.04. The summed E-state index contributed by atoms with van der Waals surface area (Å²) in [6.07, 6.45) is 3.08. The predicted molar refractivity (Wildman–Crippen MR) is 54.2 cm³/mol. The number of nitrogens with zero attached hydrogens (tertiary/aromatic N) is 1. The van der Waals surface area contributed by atoms with Crippen LogP contribution in [0, 0.1) is 0 Å². The van der Waals surface area contributed by atoms with Crippen molar-refractivity contribution in [2.45, 2.75) is 25.3 Å². The molecule has 0 unspecified atom stereocenters. The lowest BCUT2D eigenvalue weighted by molar-refractivity contribution is 0.0684. The van der Waals surface area contributed by atoms with E-state index in [0.29, 0.717) is 0 Å². The topological polar surface area (TPSA) is 79.3 Å². The first-order valence-corrected chi connectivity index (χ1v) is 5.54. The van der Waals surface area contributed by atoms with E-state index in [-0.39, 0.29) is 22.5 Å². The Labute approximate surface area is 90.1 Å². The lowest BCUT2D eigenvalue weighted by Gasteiger charge is -2.26. The Morgan fingerprint density at radius 3 is 2.80 bits per heavy atom. The largest absolute Gasteiger partial charge is 0.476 e. The zero-order valence-electron chi connectivity index (χ0n) is 7.90. The molecule has 0 spiro atoms. The zero-order chi connectivity index (χ0) is 10.8. The highest BCUT2D eigenvalue weighted by Gasteiger charge is 2.24. The molecule has 1 fully saturated rings. The fourth-order valence-electron chi connectivity index (χ4n) is 1.36. The SMILES string of the molecule is O=C(O)c1ncsc1C(=O)NC1CCC1. The van der Waals surface area contributed by atoms with Gasteiger partial charge in [-0.1, -0.05) is 0 Å². The second kappa shape index (κ2) is 3.98. The molecule has 0 radical (unpaired) electrons. The molecule has 1 aromatic rings. The van der Waals surface area contributed by atoms with Gasteiger partial charge in [-0.3, -0.25) is 4.79 Å². The van der Waals surface area contributed by atoms with E-state index in [9.17, 15) is 9.59 Å². The van der Waals surface area contributed by atoms with Crippen molar-refractivity contribution in [2.24, 2.45) is 0 Å². The molecule has 1 saturated carbocycles. The molecule has 1 aliphatic rings. The number of rotatable bonds is 3. The molecule has 0 saturated heterocycles. The number of amides is 1. The molecule has 1 aromatic heterocycles.